The highest BCUT2D eigenvalue weighted by molar-refractivity contribution is 7.90. The summed E-state index contributed by atoms with van der Waals surface area (Å²) in [5, 5.41) is 0. The molecular weight excluding hydrogens is 305 g/mol. The SMILES string of the molecule is CCOC(=O)CC(C)(N[S@+]([O-])C(C)(C)C)c1ccccc1F. The van der Waals surface area contributed by atoms with E-state index in [1.165, 1.54) is 6.07 Å². The molecule has 4 nitrogen and oxygen atoms in total. The number of benzene rings is 1. The Morgan fingerprint density at radius 3 is 2.41 bits per heavy atom. The van der Waals surface area contributed by atoms with Crippen LogP contribution in [0.25, 0.3) is 0 Å². The van der Waals surface area contributed by atoms with Crippen molar-refractivity contribution in [1.29, 1.82) is 0 Å². The zero-order valence-electron chi connectivity index (χ0n) is 13.7. The van der Waals surface area contributed by atoms with Crippen LogP contribution < -0.4 is 4.72 Å². The van der Waals surface area contributed by atoms with Gasteiger partial charge in [-0.2, -0.15) is 0 Å². The van der Waals surface area contributed by atoms with Gasteiger partial charge in [-0.25, -0.2) is 4.39 Å². The molecule has 0 fully saturated rings. The topological polar surface area (TPSA) is 61.4 Å². The Kier molecular flexibility index (Phi) is 6.40. The van der Waals surface area contributed by atoms with Crippen molar-refractivity contribution in [3.05, 3.63) is 35.6 Å². The van der Waals surface area contributed by atoms with Crippen LogP contribution in [0.3, 0.4) is 0 Å². The summed E-state index contributed by atoms with van der Waals surface area (Å²) in [5.41, 5.74) is -0.823. The van der Waals surface area contributed by atoms with E-state index in [2.05, 4.69) is 4.72 Å². The van der Waals surface area contributed by atoms with Crippen LogP contribution in [-0.2, 0) is 26.4 Å². The van der Waals surface area contributed by atoms with Crippen LogP contribution >= 0.6 is 0 Å². The molecular formula is C16H24FNO3S. The molecule has 1 N–H and O–H groups in total. The second kappa shape index (κ2) is 7.44. The Bertz CT molecular complexity index is 518. The number of hydrogen-bond donors (Lipinski definition) is 1. The minimum atomic E-state index is -1.46. The van der Waals surface area contributed by atoms with Gasteiger partial charge in [0.05, 0.1) is 18.6 Å². The molecule has 1 aromatic carbocycles. The molecule has 1 rings (SSSR count). The van der Waals surface area contributed by atoms with E-state index in [0.717, 1.165) is 0 Å². The van der Waals surface area contributed by atoms with Crippen LogP contribution in [0.2, 0.25) is 0 Å². The van der Waals surface area contributed by atoms with Crippen molar-refractivity contribution in [3.63, 3.8) is 0 Å². The van der Waals surface area contributed by atoms with Crippen molar-refractivity contribution in [3.8, 4) is 0 Å². The van der Waals surface area contributed by atoms with E-state index >= 15 is 0 Å². The normalized spacial score (nSPS) is 16.0. The van der Waals surface area contributed by atoms with E-state index in [4.69, 9.17) is 4.74 Å². The summed E-state index contributed by atoms with van der Waals surface area (Å²) in [5.74, 6) is -0.917. The fraction of sp³-hybridized carbons (Fsp3) is 0.562. The average Bonchev–Trinajstić information content (AvgIpc) is 2.37. The van der Waals surface area contributed by atoms with Gasteiger partial charge in [-0.1, -0.05) is 18.2 Å². The van der Waals surface area contributed by atoms with Gasteiger partial charge >= 0.3 is 5.97 Å². The minimum Gasteiger partial charge on any atom is -0.598 e. The number of hydrogen-bond acceptors (Lipinski definition) is 4. The first-order valence-corrected chi connectivity index (χ1v) is 8.35. The maximum Gasteiger partial charge on any atom is 0.308 e. The van der Waals surface area contributed by atoms with E-state index in [1.54, 1.807) is 32.0 Å². The number of halogens is 1. The lowest BCUT2D eigenvalue weighted by Crippen LogP contribution is -2.51. The largest absolute Gasteiger partial charge is 0.598 e. The minimum absolute atomic E-state index is 0.108. The number of rotatable bonds is 6. The van der Waals surface area contributed by atoms with Gasteiger partial charge in [0.25, 0.3) is 0 Å². The summed E-state index contributed by atoms with van der Waals surface area (Å²) in [6, 6.07) is 6.16. The zero-order chi connectivity index (χ0) is 17.0. The van der Waals surface area contributed by atoms with E-state index in [1.807, 2.05) is 20.8 Å². The second-order valence-electron chi connectivity index (χ2n) is 6.28. The quantitative estimate of drug-likeness (QED) is 0.644. The predicted molar refractivity (Wildman–Crippen MR) is 86.0 cm³/mol. The van der Waals surface area contributed by atoms with Gasteiger partial charge in [0, 0.05) is 16.9 Å². The lowest BCUT2D eigenvalue weighted by molar-refractivity contribution is -0.144. The summed E-state index contributed by atoms with van der Waals surface area (Å²) in [6.45, 7) is 9.03. The Hall–Kier alpha value is -1.11. The molecule has 0 aromatic heterocycles. The molecule has 0 aliphatic rings. The molecule has 0 radical (unpaired) electrons. The lowest BCUT2D eigenvalue weighted by atomic mass is 9.89. The molecule has 1 aromatic rings. The third-order valence-corrected chi connectivity index (χ3v) is 4.89. The average molecular weight is 329 g/mol. The van der Waals surface area contributed by atoms with Gasteiger partial charge in [-0.05, 0) is 40.7 Å². The van der Waals surface area contributed by atoms with E-state index in [0.29, 0.717) is 5.56 Å². The maximum absolute atomic E-state index is 14.2. The highest BCUT2D eigenvalue weighted by atomic mass is 32.2. The van der Waals surface area contributed by atoms with Gasteiger partial charge < -0.3 is 9.29 Å². The molecule has 0 aliphatic heterocycles. The zero-order valence-corrected chi connectivity index (χ0v) is 14.6. The van der Waals surface area contributed by atoms with Crippen LogP contribution in [0, 0.1) is 5.82 Å². The summed E-state index contributed by atoms with van der Waals surface area (Å²) < 4.78 is 33.9. The molecule has 0 amide bonds. The third kappa shape index (κ3) is 4.97. The molecule has 0 spiro atoms. The first-order valence-electron chi connectivity index (χ1n) is 7.20. The molecule has 2 atom stereocenters. The summed E-state index contributed by atoms with van der Waals surface area (Å²) in [7, 11) is 0. The molecule has 124 valence electrons. The van der Waals surface area contributed by atoms with Crippen LogP contribution in [-0.4, -0.2) is 21.9 Å². The Morgan fingerprint density at radius 2 is 1.91 bits per heavy atom. The molecule has 0 saturated heterocycles. The number of esters is 1. The van der Waals surface area contributed by atoms with Crippen LogP contribution in [0.15, 0.2) is 24.3 Å². The first-order chi connectivity index (χ1) is 10.1. The third-order valence-electron chi connectivity index (χ3n) is 3.15. The van der Waals surface area contributed by atoms with Gasteiger partial charge in [0.15, 0.2) is 0 Å². The van der Waals surface area contributed by atoms with Gasteiger partial charge in [0.1, 0.15) is 10.6 Å². The maximum atomic E-state index is 14.2. The summed E-state index contributed by atoms with van der Waals surface area (Å²) in [4.78, 5) is 11.9. The number of carbonyl (C=O) groups is 1. The molecule has 0 saturated carbocycles. The van der Waals surface area contributed by atoms with E-state index < -0.39 is 33.4 Å². The van der Waals surface area contributed by atoms with Crippen molar-refractivity contribution in [2.75, 3.05) is 6.61 Å². The van der Waals surface area contributed by atoms with Crippen LogP contribution in [0.1, 0.15) is 46.6 Å². The lowest BCUT2D eigenvalue weighted by Gasteiger charge is -2.34. The molecule has 22 heavy (non-hydrogen) atoms. The highest BCUT2D eigenvalue weighted by Crippen LogP contribution is 2.30. The van der Waals surface area contributed by atoms with E-state index in [9.17, 15) is 13.7 Å². The first kappa shape index (κ1) is 18.9. The fourth-order valence-corrected chi connectivity index (χ4v) is 2.85. The van der Waals surface area contributed by atoms with Crippen LogP contribution in [0.4, 0.5) is 4.39 Å². The van der Waals surface area contributed by atoms with Crippen molar-refractivity contribution in [2.24, 2.45) is 0 Å². The Balaban J connectivity index is 3.15. The van der Waals surface area contributed by atoms with Crippen molar-refractivity contribution in [2.45, 2.75) is 51.3 Å². The summed E-state index contributed by atoms with van der Waals surface area (Å²) in [6.07, 6.45) is -0.108. The van der Waals surface area contributed by atoms with E-state index in [-0.39, 0.29) is 13.0 Å². The van der Waals surface area contributed by atoms with Gasteiger partial charge in [0.2, 0.25) is 0 Å². The number of nitrogens with one attached hydrogen (secondary N) is 1. The highest BCUT2D eigenvalue weighted by Gasteiger charge is 2.40. The second-order valence-corrected chi connectivity index (χ2v) is 8.24. The van der Waals surface area contributed by atoms with Crippen molar-refractivity contribution in [1.82, 2.24) is 4.72 Å². The molecule has 0 aliphatic carbocycles. The van der Waals surface area contributed by atoms with Gasteiger partial charge in [-0.15, -0.1) is 4.72 Å². The van der Waals surface area contributed by atoms with Gasteiger partial charge in [-0.3, -0.25) is 4.79 Å². The molecule has 6 heteroatoms. The van der Waals surface area contributed by atoms with Crippen molar-refractivity contribution < 1.29 is 18.5 Å². The predicted octanol–water partition coefficient (Wildman–Crippen LogP) is 3.05. The molecule has 0 heterocycles. The molecule has 1 unspecified atom stereocenters. The standard InChI is InChI=1S/C16H24FNO3S/c1-6-21-14(19)11-16(5,18-22(20)15(2,3)4)12-9-7-8-10-13(12)17/h7-10,18H,6,11H2,1-5H3/t16?,22-/m1/s1. The van der Waals surface area contributed by atoms with Crippen molar-refractivity contribution >= 4 is 17.3 Å². The number of ether oxygens (including phenoxy) is 1. The monoisotopic (exact) mass is 329 g/mol. The summed E-state index contributed by atoms with van der Waals surface area (Å²) >= 11 is -1.46. The molecule has 0 bridgehead atoms. The van der Waals surface area contributed by atoms with Crippen LogP contribution in [0.5, 0.6) is 0 Å². The smallest absolute Gasteiger partial charge is 0.308 e. The Labute approximate surface area is 134 Å². The number of carbonyl (C=O) groups excluding carboxylic acids is 1. The fourth-order valence-electron chi connectivity index (χ4n) is 1.95. The Morgan fingerprint density at radius 1 is 1.32 bits per heavy atom.